The Labute approximate surface area is 102 Å². The first-order valence-electron chi connectivity index (χ1n) is 5.44. The molecule has 1 rings (SSSR count). The van der Waals surface area contributed by atoms with Gasteiger partial charge in [0.15, 0.2) is 11.6 Å². The summed E-state index contributed by atoms with van der Waals surface area (Å²) in [7, 11) is 7.04. The van der Waals surface area contributed by atoms with Crippen molar-refractivity contribution in [2.45, 2.75) is 13.0 Å². The molecule has 0 radical (unpaired) electrons. The average molecular weight is 240 g/mol. The number of hydrogen-bond acceptors (Lipinski definition) is 6. The second kappa shape index (κ2) is 6.24. The molecule has 0 fully saturated rings. The molecule has 17 heavy (non-hydrogen) atoms. The highest BCUT2D eigenvalue weighted by Crippen LogP contribution is 2.30. The van der Waals surface area contributed by atoms with Gasteiger partial charge in [-0.3, -0.25) is 0 Å². The van der Waals surface area contributed by atoms with Crippen molar-refractivity contribution in [3.8, 4) is 5.75 Å². The fourth-order valence-electron chi connectivity index (χ4n) is 1.55. The lowest BCUT2D eigenvalue weighted by molar-refractivity contribution is 0.124. The van der Waals surface area contributed by atoms with E-state index < -0.39 is 0 Å². The second-order valence-corrected chi connectivity index (χ2v) is 3.76. The summed E-state index contributed by atoms with van der Waals surface area (Å²) in [4.78, 5) is 10.3. The number of aromatic nitrogens is 2. The molecule has 0 saturated carbocycles. The van der Waals surface area contributed by atoms with Gasteiger partial charge in [-0.15, -0.1) is 0 Å². The van der Waals surface area contributed by atoms with Crippen LogP contribution >= 0.6 is 0 Å². The Kier molecular flexibility index (Phi) is 4.96. The summed E-state index contributed by atoms with van der Waals surface area (Å²) in [6.07, 6.45) is 1.63. The van der Waals surface area contributed by atoms with Crippen LogP contribution < -0.4 is 15.0 Å². The van der Waals surface area contributed by atoms with Crippen LogP contribution in [0.2, 0.25) is 0 Å². The number of anilines is 2. The van der Waals surface area contributed by atoms with Gasteiger partial charge in [0.05, 0.1) is 13.2 Å². The maximum absolute atomic E-state index is 5.33. The van der Waals surface area contributed by atoms with Gasteiger partial charge in [0.2, 0.25) is 5.75 Å². The van der Waals surface area contributed by atoms with Crippen molar-refractivity contribution in [3.63, 3.8) is 0 Å². The van der Waals surface area contributed by atoms with E-state index in [9.17, 15) is 0 Å². The third kappa shape index (κ3) is 3.20. The van der Waals surface area contributed by atoms with Gasteiger partial charge in [-0.1, -0.05) is 0 Å². The van der Waals surface area contributed by atoms with Crippen molar-refractivity contribution >= 4 is 11.6 Å². The van der Waals surface area contributed by atoms with Crippen LogP contribution in [0.25, 0.3) is 0 Å². The Hall–Kier alpha value is -1.56. The van der Waals surface area contributed by atoms with Gasteiger partial charge in [-0.2, -0.15) is 0 Å². The van der Waals surface area contributed by atoms with Gasteiger partial charge in [0.1, 0.15) is 6.33 Å². The Morgan fingerprint density at radius 3 is 2.65 bits per heavy atom. The van der Waals surface area contributed by atoms with E-state index in [0.717, 1.165) is 12.4 Å². The summed E-state index contributed by atoms with van der Waals surface area (Å²) in [6.45, 7) is 2.73. The Morgan fingerprint density at radius 1 is 1.41 bits per heavy atom. The lowest BCUT2D eigenvalue weighted by Gasteiger charge is -2.23. The van der Waals surface area contributed by atoms with Crippen molar-refractivity contribution in [2.75, 3.05) is 45.1 Å². The minimum absolute atomic E-state index is 0.123. The monoisotopic (exact) mass is 240 g/mol. The fraction of sp³-hybridized carbons (Fsp3) is 0.636. The van der Waals surface area contributed by atoms with Crippen LogP contribution in [-0.4, -0.2) is 50.9 Å². The predicted octanol–water partition coefficient (Wildman–Crippen LogP) is 0.998. The van der Waals surface area contributed by atoms with E-state index in [0.29, 0.717) is 11.6 Å². The van der Waals surface area contributed by atoms with E-state index in [1.807, 2.05) is 18.9 Å². The summed E-state index contributed by atoms with van der Waals surface area (Å²) in [6, 6.07) is 0. The van der Waals surface area contributed by atoms with Gasteiger partial charge >= 0.3 is 0 Å². The molecule has 96 valence electrons. The van der Waals surface area contributed by atoms with Gasteiger partial charge < -0.3 is 19.7 Å². The molecule has 0 aliphatic heterocycles. The first-order valence-corrected chi connectivity index (χ1v) is 5.44. The molecule has 0 amide bonds. The van der Waals surface area contributed by atoms with E-state index in [4.69, 9.17) is 9.47 Å². The minimum Gasteiger partial charge on any atom is -0.490 e. The SMILES string of the molecule is CNc1ncnc(N(C)CC(C)OC)c1OC. The summed E-state index contributed by atoms with van der Waals surface area (Å²) in [5, 5.41) is 2.98. The molecule has 1 aromatic heterocycles. The number of hydrogen-bond donors (Lipinski definition) is 1. The van der Waals surface area contributed by atoms with Crippen LogP contribution in [0.5, 0.6) is 5.75 Å². The first kappa shape index (κ1) is 13.5. The number of nitrogens with zero attached hydrogens (tertiary/aromatic N) is 3. The van der Waals surface area contributed by atoms with Crippen molar-refractivity contribution in [3.05, 3.63) is 6.33 Å². The Balaban J connectivity index is 2.96. The highest BCUT2D eigenvalue weighted by atomic mass is 16.5. The Morgan fingerprint density at radius 2 is 2.12 bits per heavy atom. The van der Waals surface area contributed by atoms with Crippen LogP contribution in [0.1, 0.15) is 6.92 Å². The normalized spacial score (nSPS) is 12.1. The van der Waals surface area contributed by atoms with Gasteiger partial charge in [-0.25, -0.2) is 9.97 Å². The molecule has 1 heterocycles. The van der Waals surface area contributed by atoms with Crippen molar-refractivity contribution in [1.29, 1.82) is 0 Å². The molecule has 0 aliphatic carbocycles. The molecule has 1 aromatic rings. The quantitative estimate of drug-likeness (QED) is 0.800. The van der Waals surface area contributed by atoms with Gasteiger partial charge in [0, 0.05) is 27.7 Å². The lowest BCUT2D eigenvalue weighted by Crippen LogP contribution is -2.29. The standard InChI is InChI=1S/C11H20N4O2/c1-8(16-4)6-15(3)11-9(17-5)10(12-2)13-7-14-11/h7-8H,6H2,1-5H3,(H,12,13,14). The topological polar surface area (TPSA) is 59.5 Å². The molecule has 0 saturated heterocycles. The second-order valence-electron chi connectivity index (χ2n) is 3.76. The fourth-order valence-corrected chi connectivity index (χ4v) is 1.55. The van der Waals surface area contributed by atoms with Crippen LogP contribution in [0.15, 0.2) is 6.33 Å². The minimum atomic E-state index is 0.123. The van der Waals surface area contributed by atoms with Crippen LogP contribution in [0, 0.1) is 0 Å². The molecule has 0 bridgehead atoms. The van der Waals surface area contributed by atoms with E-state index in [-0.39, 0.29) is 6.10 Å². The van der Waals surface area contributed by atoms with E-state index >= 15 is 0 Å². The predicted molar refractivity (Wildman–Crippen MR) is 67.9 cm³/mol. The summed E-state index contributed by atoms with van der Waals surface area (Å²) in [5.41, 5.74) is 0. The van der Waals surface area contributed by atoms with Gasteiger partial charge in [0.25, 0.3) is 0 Å². The van der Waals surface area contributed by atoms with Crippen molar-refractivity contribution in [2.24, 2.45) is 0 Å². The smallest absolute Gasteiger partial charge is 0.204 e. The average Bonchev–Trinajstić information content (AvgIpc) is 2.37. The molecular weight excluding hydrogens is 220 g/mol. The third-order valence-electron chi connectivity index (χ3n) is 2.52. The molecule has 0 spiro atoms. The molecule has 1 unspecified atom stereocenters. The van der Waals surface area contributed by atoms with Crippen molar-refractivity contribution < 1.29 is 9.47 Å². The molecule has 0 aromatic carbocycles. The molecule has 1 atom stereocenters. The van der Waals surface area contributed by atoms with Crippen LogP contribution in [-0.2, 0) is 4.74 Å². The zero-order chi connectivity index (χ0) is 12.8. The zero-order valence-corrected chi connectivity index (χ0v) is 11.0. The summed E-state index contributed by atoms with van der Waals surface area (Å²) in [5.74, 6) is 2.06. The number of ether oxygens (including phenoxy) is 2. The number of nitrogens with one attached hydrogen (secondary N) is 1. The summed E-state index contributed by atoms with van der Waals surface area (Å²) >= 11 is 0. The highest BCUT2D eigenvalue weighted by molar-refractivity contribution is 5.64. The zero-order valence-electron chi connectivity index (χ0n) is 11.0. The van der Waals surface area contributed by atoms with E-state index in [2.05, 4.69) is 15.3 Å². The molecule has 1 N–H and O–H groups in total. The molecule has 0 aliphatic rings. The first-order chi connectivity index (χ1) is 8.13. The largest absolute Gasteiger partial charge is 0.490 e. The highest BCUT2D eigenvalue weighted by Gasteiger charge is 2.16. The molecule has 6 heteroatoms. The maximum atomic E-state index is 5.33. The Bertz CT molecular complexity index is 359. The number of methoxy groups -OCH3 is 2. The molecular formula is C11H20N4O2. The van der Waals surface area contributed by atoms with Crippen molar-refractivity contribution in [1.82, 2.24) is 9.97 Å². The van der Waals surface area contributed by atoms with Gasteiger partial charge in [-0.05, 0) is 6.92 Å². The summed E-state index contributed by atoms with van der Waals surface area (Å²) < 4.78 is 10.6. The van der Waals surface area contributed by atoms with Crippen LogP contribution in [0.3, 0.4) is 0 Å². The molecule has 6 nitrogen and oxygen atoms in total. The maximum Gasteiger partial charge on any atom is 0.204 e. The number of rotatable bonds is 6. The number of likely N-dealkylation sites (N-methyl/N-ethyl adjacent to an activating group) is 1. The third-order valence-corrected chi connectivity index (χ3v) is 2.52. The van der Waals surface area contributed by atoms with Crippen LogP contribution in [0.4, 0.5) is 11.6 Å². The van der Waals surface area contributed by atoms with E-state index in [1.54, 1.807) is 21.3 Å². The lowest BCUT2D eigenvalue weighted by atomic mass is 10.3. The van der Waals surface area contributed by atoms with E-state index in [1.165, 1.54) is 6.33 Å².